The first-order valence-electron chi connectivity index (χ1n) is 21.9. The number of rotatable bonds is 8. The van der Waals surface area contributed by atoms with Crippen LogP contribution in [0.4, 0.5) is 34.1 Å². The van der Waals surface area contributed by atoms with Gasteiger partial charge in [0.25, 0.3) is 0 Å². The lowest BCUT2D eigenvalue weighted by molar-refractivity contribution is 0.668. The summed E-state index contributed by atoms with van der Waals surface area (Å²) in [5.41, 5.74) is 15.5. The summed E-state index contributed by atoms with van der Waals surface area (Å²) in [6, 6.07) is 80.8. The number of nitrogens with zero attached hydrogens (tertiary/aromatic N) is 2. The van der Waals surface area contributed by atoms with Crippen molar-refractivity contribution >= 4 is 99.9 Å². The lowest BCUT2D eigenvalue weighted by atomic mass is 10.0. The number of furan rings is 3. The second-order valence-corrected chi connectivity index (χ2v) is 16.5. The van der Waals surface area contributed by atoms with Gasteiger partial charge in [0.1, 0.15) is 22.3 Å². The number of hydrogen-bond donors (Lipinski definition) is 0. The molecule has 306 valence electrons. The molecule has 0 radical (unpaired) electrons. The van der Waals surface area contributed by atoms with E-state index in [4.69, 9.17) is 13.3 Å². The molecule has 0 amide bonds. The van der Waals surface area contributed by atoms with Gasteiger partial charge in [0.15, 0.2) is 11.2 Å². The van der Waals surface area contributed by atoms with Crippen molar-refractivity contribution in [2.45, 2.75) is 0 Å². The van der Waals surface area contributed by atoms with Gasteiger partial charge in [-0.05, 0) is 107 Å². The Balaban J connectivity index is 1.02. The molecular weight excluding hydrogens is 797 g/mol. The topological polar surface area (TPSA) is 45.9 Å². The fraction of sp³-hybridized carbons (Fsp3) is 0. The van der Waals surface area contributed by atoms with E-state index in [0.29, 0.717) is 0 Å². The van der Waals surface area contributed by atoms with E-state index >= 15 is 0 Å². The summed E-state index contributed by atoms with van der Waals surface area (Å²) in [6.07, 6.45) is 0. The van der Waals surface area contributed by atoms with Crippen molar-refractivity contribution in [2.24, 2.45) is 0 Å². The quantitative estimate of drug-likeness (QED) is 0.153. The fourth-order valence-electron chi connectivity index (χ4n) is 9.57. The summed E-state index contributed by atoms with van der Waals surface area (Å²) in [6.45, 7) is 0. The number of hydrogen-bond acceptors (Lipinski definition) is 5. The van der Waals surface area contributed by atoms with Crippen LogP contribution in [0.2, 0.25) is 0 Å². The van der Waals surface area contributed by atoms with Crippen LogP contribution >= 0.6 is 0 Å². The summed E-state index contributed by atoms with van der Waals surface area (Å²) in [5, 5.41) is 6.31. The molecule has 65 heavy (non-hydrogen) atoms. The van der Waals surface area contributed by atoms with Crippen molar-refractivity contribution in [3.8, 4) is 22.3 Å². The predicted octanol–water partition coefficient (Wildman–Crippen LogP) is 17.7. The Bertz CT molecular complexity index is 3630. The molecule has 0 saturated heterocycles. The van der Waals surface area contributed by atoms with Crippen LogP contribution < -0.4 is 9.80 Å². The Morgan fingerprint density at radius 3 is 1.03 bits per heavy atom. The summed E-state index contributed by atoms with van der Waals surface area (Å²) in [4.78, 5) is 4.61. The molecule has 10 aromatic carbocycles. The minimum Gasteiger partial charge on any atom is -0.456 e. The summed E-state index contributed by atoms with van der Waals surface area (Å²) < 4.78 is 19.9. The van der Waals surface area contributed by atoms with E-state index < -0.39 is 0 Å². The summed E-state index contributed by atoms with van der Waals surface area (Å²) in [7, 11) is 0. The molecule has 0 atom stereocenters. The Kier molecular flexibility index (Phi) is 8.46. The summed E-state index contributed by atoms with van der Waals surface area (Å²) >= 11 is 0. The molecule has 0 aliphatic rings. The third kappa shape index (κ3) is 6.16. The third-order valence-electron chi connectivity index (χ3n) is 12.7. The van der Waals surface area contributed by atoms with Crippen molar-refractivity contribution in [1.29, 1.82) is 0 Å². The van der Waals surface area contributed by atoms with Crippen molar-refractivity contribution in [1.82, 2.24) is 0 Å². The van der Waals surface area contributed by atoms with Crippen molar-refractivity contribution in [3.63, 3.8) is 0 Å². The van der Waals surface area contributed by atoms with Crippen molar-refractivity contribution in [2.75, 3.05) is 9.80 Å². The molecule has 3 heterocycles. The van der Waals surface area contributed by atoms with E-state index in [2.05, 4.69) is 216 Å². The Hall–Kier alpha value is -8.80. The average molecular weight is 835 g/mol. The molecule has 5 heteroatoms. The zero-order chi connectivity index (χ0) is 42.8. The highest BCUT2D eigenvalue weighted by Gasteiger charge is 2.25. The molecule has 13 rings (SSSR count). The van der Waals surface area contributed by atoms with Gasteiger partial charge in [-0.1, -0.05) is 146 Å². The number of fused-ring (bicyclic) bond motifs is 9. The average Bonchev–Trinajstić information content (AvgIpc) is 4.07. The standard InChI is InChI=1S/C60H38N2O3/c1-3-13-39(14-4-1)41-25-29-43(30-26-41)61(45-33-35-57-51(37-45)47-17-7-9-23-55(47)63-57)53-21-11-19-49-50-20-12-22-54(60(50)65-59(49)53)62(44-31-27-42(28-32-44)40-15-5-2-6-16-40)46-34-36-58-52(38-46)48-18-8-10-24-56(48)64-58/h1-38H. The Morgan fingerprint density at radius 2 is 0.585 bits per heavy atom. The van der Waals surface area contributed by atoms with Gasteiger partial charge in [0.2, 0.25) is 0 Å². The first-order chi connectivity index (χ1) is 32.2. The maximum atomic E-state index is 7.31. The maximum absolute atomic E-state index is 7.31. The third-order valence-corrected chi connectivity index (χ3v) is 12.7. The molecule has 0 aliphatic carbocycles. The first kappa shape index (κ1) is 36.8. The van der Waals surface area contributed by atoms with Gasteiger partial charge in [-0.2, -0.15) is 0 Å². The lowest BCUT2D eigenvalue weighted by Gasteiger charge is -2.26. The minimum absolute atomic E-state index is 0.787. The second-order valence-electron chi connectivity index (χ2n) is 16.5. The van der Waals surface area contributed by atoms with Crippen LogP contribution in [0.15, 0.2) is 244 Å². The van der Waals surface area contributed by atoms with Crippen LogP contribution in [-0.2, 0) is 0 Å². The molecule has 0 aliphatic heterocycles. The van der Waals surface area contributed by atoms with E-state index in [1.807, 2.05) is 24.3 Å². The van der Waals surface area contributed by atoms with Crippen molar-refractivity contribution in [3.05, 3.63) is 231 Å². The van der Waals surface area contributed by atoms with Gasteiger partial charge >= 0.3 is 0 Å². The van der Waals surface area contributed by atoms with Crippen LogP contribution in [0.3, 0.4) is 0 Å². The number of anilines is 6. The minimum atomic E-state index is 0.787. The molecule has 5 nitrogen and oxygen atoms in total. The van der Waals surface area contributed by atoms with E-state index in [1.54, 1.807) is 0 Å². The summed E-state index contributed by atoms with van der Waals surface area (Å²) in [5.74, 6) is 0. The molecule has 0 saturated carbocycles. The molecular formula is C60H38N2O3. The Morgan fingerprint density at radius 1 is 0.231 bits per heavy atom. The van der Waals surface area contributed by atoms with E-state index in [9.17, 15) is 0 Å². The lowest BCUT2D eigenvalue weighted by Crippen LogP contribution is -2.10. The van der Waals surface area contributed by atoms with Gasteiger partial charge in [0, 0.05) is 55.1 Å². The zero-order valence-corrected chi connectivity index (χ0v) is 35.1. The van der Waals surface area contributed by atoms with Gasteiger partial charge in [-0.25, -0.2) is 0 Å². The SMILES string of the molecule is c1ccc(-c2ccc(N(c3ccc4oc5ccccc5c4c3)c3cccc4c3oc3c(N(c5ccc(-c6ccccc6)cc5)c5ccc6oc7ccccc7c6c5)cccc34)cc2)cc1. The van der Waals surface area contributed by atoms with E-state index in [0.717, 1.165) is 111 Å². The van der Waals surface area contributed by atoms with Crippen LogP contribution in [0.1, 0.15) is 0 Å². The normalized spacial score (nSPS) is 11.7. The molecule has 0 unspecified atom stereocenters. The highest BCUT2D eigenvalue weighted by molar-refractivity contribution is 6.15. The Labute approximate surface area is 374 Å². The zero-order valence-electron chi connectivity index (χ0n) is 35.1. The molecule has 0 N–H and O–H groups in total. The smallest absolute Gasteiger partial charge is 0.159 e. The first-order valence-corrected chi connectivity index (χ1v) is 21.9. The van der Waals surface area contributed by atoms with E-state index in [-0.39, 0.29) is 0 Å². The molecule has 13 aromatic rings. The molecule has 0 spiro atoms. The number of para-hydroxylation sites is 4. The second kappa shape index (κ2) is 14.9. The van der Waals surface area contributed by atoms with Gasteiger partial charge in [-0.3, -0.25) is 0 Å². The molecule has 3 aromatic heterocycles. The highest BCUT2D eigenvalue weighted by atomic mass is 16.3. The maximum Gasteiger partial charge on any atom is 0.159 e. The molecule has 0 bridgehead atoms. The van der Waals surface area contributed by atoms with E-state index in [1.165, 1.54) is 11.1 Å². The predicted molar refractivity (Wildman–Crippen MR) is 269 cm³/mol. The largest absolute Gasteiger partial charge is 0.456 e. The van der Waals surface area contributed by atoms with Gasteiger partial charge < -0.3 is 23.1 Å². The number of benzene rings is 10. The van der Waals surface area contributed by atoms with Crippen LogP contribution in [0.5, 0.6) is 0 Å². The van der Waals surface area contributed by atoms with Gasteiger partial charge in [0.05, 0.1) is 11.4 Å². The van der Waals surface area contributed by atoms with Crippen LogP contribution in [0, 0.1) is 0 Å². The fourth-order valence-corrected chi connectivity index (χ4v) is 9.57. The molecule has 0 fully saturated rings. The monoisotopic (exact) mass is 834 g/mol. The van der Waals surface area contributed by atoms with Crippen LogP contribution in [-0.4, -0.2) is 0 Å². The van der Waals surface area contributed by atoms with Crippen molar-refractivity contribution < 1.29 is 13.3 Å². The van der Waals surface area contributed by atoms with Crippen LogP contribution in [0.25, 0.3) is 88.1 Å². The highest BCUT2D eigenvalue weighted by Crippen LogP contribution is 2.48. The van der Waals surface area contributed by atoms with Gasteiger partial charge in [-0.15, -0.1) is 0 Å².